The quantitative estimate of drug-likeness (QED) is 0.903. The van der Waals surface area contributed by atoms with Gasteiger partial charge in [-0.3, -0.25) is 0 Å². The Bertz CT molecular complexity index is 366. The van der Waals surface area contributed by atoms with Crippen LogP contribution in [0.2, 0.25) is 10.3 Å². The molecule has 1 fully saturated rings. The maximum atomic E-state index is 6.05. The lowest BCUT2D eigenvalue weighted by Gasteiger charge is -2.29. The van der Waals surface area contributed by atoms with Crippen LogP contribution in [-0.2, 0) is 0 Å². The van der Waals surface area contributed by atoms with Crippen molar-refractivity contribution in [1.29, 1.82) is 0 Å². The van der Waals surface area contributed by atoms with Crippen molar-refractivity contribution in [3.63, 3.8) is 0 Å². The molecule has 1 aliphatic heterocycles. The van der Waals surface area contributed by atoms with Crippen molar-refractivity contribution in [2.24, 2.45) is 0 Å². The molecular formula is C10H14Cl2N4. The number of aromatic nitrogens is 2. The molecule has 1 N–H and O–H groups in total. The van der Waals surface area contributed by atoms with Gasteiger partial charge in [0.15, 0.2) is 10.3 Å². The highest BCUT2D eigenvalue weighted by Gasteiger charge is 2.23. The van der Waals surface area contributed by atoms with Gasteiger partial charge in [0.05, 0.1) is 5.69 Å². The van der Waals surface area contributed by atoms with Crippen molar-refractivity contribution < 1.29 is 0 Å². The van der Waals surface area contributed by atoms with E-state index in [2.05, 4.69) is 27.3 Å². The van der Waals surface area contributed by atoms with Crippen LogP contribution >= 0.6 is 23.2 Å². The average molecular weight is 261 g/mol. The van der Waals surface area contributed by atoms with Crippen molar-refractivity contribution in [1.82, 2.24) is 15.5 Å². The zero-order chi connectivity index (χ0) is 11.5. The summed E-state index contributed by atoms with van der Waals surface area (Å²) in [6.07, 6.45) is 1.12. The molecule has 1 saturated heterocycles. The third kappa shape index (κ3) is 2.39. The number of hydrogen-bond acceptors (Lipinski definition) is 4. The first-order valence-corrected chi connectivity index (χ1v) is 6.14. The maximum absolute atomic E-state index is 6.05. The summed E-state index contributed by atoms with van der Waals surface area (Å²) in [4.78, 5) is 2.23. The highest BCUT2D eigenvalue weighted by atomic mass is 35.5. The first-order valence-electron chi connectivity index (χ1n) is 5.38. The first-order chi connectivity index (χ1) is 7.72. The summed E-state index contributed by atoms with van der Waals surface area (Å²) in [5.41, 5.74) is 0.873. The van der Waals surface area contributed by atoms with Crippen LogP contribution < -0.4 is 10.2 Å². The monoisotopic (exact) mass is 260 g/mol. The summed E-state index contributed by atoms with van der Waals surface area (Å²) in [5.74, 6) is 0. The van der Waals surface area contributed by atoms with E-state index in [0.717, 1.165) is 31.7 Å². The van der Waals surface area contributed by atoms with E-state index in [1.165, 1.54) is 0 Å². The zero-order valence-corrected chi connectivity index (χ0v) is 10.6. The van der Waals surface area contributed by atoms with Crippen molar-refractivity contribution in [3.8, 4) is 0 Å². The van der Waals surface area contributed by atoms with E-state index >= 15 is 0 Å². The molecule has 6 heteroatoms. The molecule has 0 aromatic carbocycles. The van der Waals surface area contributed by atoms with Crippen molar-refractivity contribution in [2.45, 2.75) is 19.4 Å². The van der Waals surface area contributed by atoms with Gasteiger partial charge in [0.1, 0.15) is 0 Å². The molecular weight excluding hydrogens is 247 g/mol. The minimum absolute atomic E-state index is 0.379. The van der Waals surface area contributed by atoms with E-state index in [1.54, 1.807) is 6.07 Å². The molecule has 0 radical (unpaired) electrons. The van der Waals surface area contributed by atoms with Gasteiger partial charge in [-0.1, -0.05) is 23.2 Å². The predicted molar refractivity (Wildman–Crippen MR) is 66.3 cm³/mol. The Morgan fingerprint density at radius 2 is 2.31 bits per heavy atom. The third-order valence-corrected chi connectivity index (χ3v) is 3.28. The van der Waals surface area contributed by atoms with E-state index in [4.69, 9.17) is 23.2 Å². The summed E-state index contributed by atoms with van der Waals surface area (Å²) in [5, 5.41) is 11.7. The normalized spacial score (nSPS) is 20.1. The number of rotatable bonds is 3. The Kier molecular flexibility index (Phi) is 3.84. The van der Waals surface area contributed by atoms with E-state index in [1.807, 2.05) is 0 Å². The van der Waals surface area contributed by atoms with E-state index in [-0.39, 0.29) is 0 Å². The Hall–Kier alpha value is -0.580. The Labute approximate surface area is 105 Å². The minimum Gasteiger partial charge on any atom is -0.365 e. The fourth-order valence-electron chi connectivity index (χ4n) is 2.08. The topological polar surface area (TPSA) is 41.1 Å². The van der Waals surface area contributed by atoms with Gasteiger partial charge in [0, 0.05) is 25.2 Å². The largest absolute Gasteiger partial charge is 0.365 e. The van der Waals surface area contributed by atoms with Gasteiger partial charge in [-0.05, 0) is 19.9 Å². The second-order valence-electron chi connectivity index (χ2n) is 3.78. The van der Waals surface area contributed by atoms with Crippen LogP contribution in [0.5, 0.6) is 0 Å². The molecule has 0 bridgehead atoms. The van der Waals surface area contributed by atoms with Gasteiger partial charge in [0.2, 0.25) is 0 Å². The molecule has 4 nitrogen and oxygen atoms in total. The van der Waals surface area contributed by atoms with Gasteiger partial charge in [-0.15, -0.1) is 10.2 Å². The molecule has 0 amide bonds. The molecule has 0 spiro atoms. The van der Waals surface area contributed by atoms with Crippen LogP contribution in [0.3, 0.4) is 0 Å². The number of halogens is 2. The molecule has 0 aliphatic carbocycles. The highest BCUT2D eigenvalue weighted by Crippen LogP contribution is 2.28. The molecule has 2 rings (SSSR count). The van der Waals surface area contributed by atoms with E-state index < -0.39 is 0 Å². The molecule has 1 aromatic heterocycles. The number of anilines is 1. The molecule has 1 unspecified atom stereocenters. The SMILES string of the molecule is CCN(c1cc(Cl)nnc1Cl)C1CCNC1. The third-order valence-electron chi connectivity index (χ3n) is 2.83. The summed E-state index contributed by atoms with van der Waals surface area (Å²) in [6.45, 7) is 5.01. The van der Waals surface area contributed by atoms with Gasteiger partial charge in [-0.2, -0.15) is 0 Å². The van der Waals surface area contributed by atoms with E-state index in [0.29, 0.717) is 16.3 Å². The maximum Gasteiger partial charge on any atom is 0.175 e. The second-order valence-corrected chi connectivity index (χ2v) is 4.52. The van der Waals surface area contributed by atoms with Gasteiger partial charge in [-0.25, -0.2) is 0 Å². The minimum atomic E-state index is 0.379. The van der Waals surface area contributed by atoms with Gasteiger partial charge >= 0.3 is 0 Å². The summed E-state index contributed by atoms with van der Waals surface area (Å²) in [6, 6.07) is 2.24. The number of hydrogen-bond donors (Lipinski definition) is 1. The van der Waals surface area contributed by atoms with Gasteiger partial charge in [0.25, 0.3) is 0 Å². The van der Waals surface area contributed by atoms with Crippen LogP contribution in [0.4, 0.5) is 5.69 Å². The molecule has 1 atom stereocenters. The van der Waals surface area contributed by atoms with Crippen LogP contribution in [0.25, 0.3) is 0 Å². The fraction of sp³-hybridized carbons (Fsp3) is 0.600. The molecule has 1 aliphatic rings. The zero-order valence-electron chi connectivity index (χ0n) is 9.08. The summed E-state index contributed by atoms with van der Waals surface area (Å²) in [7, 11) is 0. The molecule has 16 heavy (non-hydrogen) atoms. The van der Waals surface area contributed by atoms with Crippen LogP contribution in [0, 0.1) is 0 Å². The molecule has 1 aromatic rings. The number of likely N-dealkylation sites (N-methyl/N-ethyl adjacent to an activating group) is 1. The lowest BCUT2D eigenvalue weighted by Crippen LogP contribution is -2.37. The number of nitrogens with one attached hydrogen (secondary N) is 1. The van der Waals surface area contributed by atoms with E-state index in [9.17, 15) is 0 Å². The molecule has 0 saturated carbocycles. The second kappa shape index (κ2) is 5.17. The average Bonchev–Trinajstić information content (AvgIpc) is 2.78. The summed E-state index contributed by atoms with van der Waals surface area (Å²) < 4.78 is 0. The Morgan fingerprint density at radius 3 is 2.94 bits per heavy atom. The lowest BCUT2D eigenvalue weighted by atomic mass is 10.2. The lowest BCUT2D eigenvalue weighted by molar-refractivity contribution is 0.646. The van der Waals surface area contributed by atoms with Gasteiger partial charge < -0.3 is 10.2 Å². The fourth-order valence-corrected chi connectivity index (χ4v) is 2.42. The molecule has 2 heterocycles. The predicted octanol–water partition coefficient (Wildman–Crippen LogP) is 1.97. The molecule has 88 valence electrons. The van der Waals surface area contributed by atoms with Crippen molar-refractivity contribution in [3.05, 3.63) is 16.4 Å². The van der Waals surface area contributed by atoms with Crippen molar-refractivity contribution in [2.75, 3.05) is 24.5 Å². The van der Waals surface area contributed by atoms with Crippen LogP contribution in [0.15, 0.2) is 6.07 Å². The number of nitrogens with zero attached hydrogens (tertiary/aromatic N) is 3. The first kappa shape index (κ1) is 11.9. The Morgan fingerprint density at radius 1 is 1.50 bits per heavy atom. The van der Waals surface area contributed by atoms with Crippen molar-refractivity contribution >= 4 is 28.9 Å². The van der Waals surface area contributed by atoms with Crippen LogP contribution in [0.1, 0.15) is 13.3 Å². The highest BCUT2D eigenvalue weighted by molar-refractivity contribution is 6.33. The summed E-state index contributed by atoms with van der Waals surface area (Å²) >= 11 is 11.9. The smallest absolute Gasteiger partial charge is 0.175 e. The Balaban J connectivity index is 2.28. The van der Waals surface area contributed by atoms with Crippen LogP contribution in [-0.4, -0.2) is 35.9 Å². The standard InChI is InChI=1S/C10H14Cl2N4/c1-2-16(7-3-4-13-6-7)8-5-9(11)14-15-10(8)12/h5,7,13H,2-4,6H2,1H3.